The zero-order valence-corrected chi connectivity index (χ0v) is 12.6. The van der Waals surface area contributed by atoms with Gasteiger partial charge in [0.1, 0.15) is 5.25 Å². The van der Waals surface area contributed by atoms with Crippen LogP contribution in [0.5, 0.6) is 0 Å². The maximum Gasteiger partial charge on any atom is 0.272 e. The molecule has 2 aromatic rings. The number of ketones is 1. The van der Waals surface area contributed by atoms with E-state index in [4.69, 9.17) is 0 Å². The highest BCUT2D eigenvalue weighted by Crippen LogP contribution is 2.28. The van der Waals surface area contributed by atoms with Crippen molar-refractivity contribution >= 4 is 21.6 Å². The quantitative estimate of drug-likeness (QED) is 0.376. The standard InChI is InChI=1S/C15H13NO6S/c17-14(11-4-2-1-3-5-11)10-15(23(20,21)22)12-6-8-13(9-7-12)16(18)19/h1-9,15H,10H2,(H,20,21,22). The summed E-state index contributed by atoms with van der Waals surface area (Å²) in [6.45, 7) is 0. The Bertz CT molecular complexity index is 815. The summed E-state index contributed by atoms with van der Waals surface area (Å²) in [6, 6.07) is 12.8. The molecular weight excluding hydrogens is 322 g/mol. The summed E-state index contributed by atoms with van der Waals surface area (Å²) in [5, 5.41) is 9.15. The minimum Gasteiger partial charge on any atom is -0.294 e. The summed E-state index contributed by atoms with van der Waals surface area (Å²) in [6.07, 6.45) is -0.458. The van der Waals surface area contributed by atoms with E-state index in [1.165, 1.54) is 12.1 Å². The number of non-ortho nitro benzene ring substituents is 1. The molecule has 0 heterocycles. The van der Waals surface area contributed by atoms with E-state index in [9.17, 15) is 27.9 Å². The maximum absolute atomic E-state index is 12.2. The number of nitro groups is 1. The van der Waals surface area contributed by atoms with E-state index in [1.807, 2.05) is 0 Å². The molecule has 2 aromatic carbocycles. The molecule has 0 aliphatic carbocycles. The average molecular weight is 335 g/mol. The third kappa shape index (κ3) is 4.21. The smallest absolute Gasteiger partial charge is 0.272 e. The van der Waals surface area contributed by atoms with Crippen molar-refractivity contribution in [3.05, 3.63) is 75.8 Å². The van der Waals surface area contributed by atoms with Crippen LogP contribution < -0.4 is 0 Å². The molecule has 1 atom stereocenters. The van der Waals surface area contributed by atoms with Crippen molar-refractivity contribution in [2.24, 2.45) is 0 Å². The molecular formula is C15H13NO6S. The Balaban J connectivity index is 2.31. The van der Waals surface area contributed by atoms with E-state index in [-0.39, 0.29) is 11.3 Å². The molecule has 0 aliphatic rings. The van der Waals surface area contributed by atoms with Crippen LogP contribution in [0.15, 0.2) is 54.6 Å². The van der Waals surface area contributed by atoms with Crippen LogP contribution in [-0.4, -0.2) is 23.7 Å². The van der Waals surface area contributed by atoms with Crippen LogP contribution in [0.4, 0.5) is 5.69 Å². The minimum atomic E-state index is -4.54. The fourth-order valence-corrected chi connectivity index (χ4v) is 2.98. The first-order valence-corrected chi connectivity index (χ1v) is 8.08. The molecule has 0 aromatic heterocycles. The number of nitrogens with zero attached hydrogens (tertiary/aromatic N) is 1. The third-order valence-electron chi connectivity index (χ3n) is 3.30. The van der Waals surface area contributed by atoms with E-state index in [2.05, 4.69) is 0 Å². The van der Waals surface area contributed by atoms with Gasteiger partial charge in [0.25, 0.3) is 15.8 Å². The van der Waals surface area contributed by atoms with Gasteiger partial charge in [-0.15, -0.1) is 0 Å². The summed E-state index contributed by atoms with van der Waals surface area (Å²) >= 11 is 0. The third-order valence-corrected chi connectivity index (χ3v) is 4.46. The summed E-state index contributed by atoms with van der Waals surface area (Å²) < 4.78 is 32.6. The summed E-state index contributed by atoms with van der Waals surface area (Å²) in [4.78, 5) is 22.2. The van der Waals surface area contributed by atoms with Crippen molar-refractivity contribution in [3.63, 3.8) is 0 Å². The highest BCUT2D eigenvalue weighted by Gasteiger charge is 2.28. The van der Waals surface area contributed by atoms with Gasteiger partial charge in [0.2, 0.25) is 0 Å². The normalized spacial score (nSPS) is 12.6. The van der Waals surface area contributed by atoms with Crippen LogP contribution in [0, 0.1) is 10.1 Å². The van der Waals surface area contributed by atoms with Crippen molar-refractivity contribution in [2.45, 2.75) is 11.7 Å². The minimum absolute atomic E-state index is 0.113. The lowest BCUT2D eigenvalue weighted by Crippen LogP contribution is -2.16. The van der Waals surface area contributed by atoms with Crippen LogP contribution in [0.2, 0.25) is 0 Å². The Kier molecular flexibility index (Phi) is 4.87. The summed E-state index contributed by atoms with van der Waals surface area (Å²) in [5.74, 6) is -0.452. The largest absolute Gasteiger partial charge is 0.294 e. The molecule has 0 aliphatic heterocycles. The molecule has 7 nitrogen and oxygen atoms in total. The summed E-state index contributed by atoms with van der Waals surface area (Å²) in [5.41, 5.74) is 0.225. The van der Waals surface area contributed by atoms with Crippen LogP contribution in [0.3, 0.4) is 0 Å². The van der Waals surface area contributed by atoms with E-state index in [0.29, 0.717) is 5.56 Å². The highest BCUT2D eigenvalue weighted by atomic mass is 32.2. The Morgan fingerprint density at radius 3 is 2.13 bits per heavy atom. The number of hydrogen-bond donors (Lipinski definition) is 1. The van der Waals surface area contributed by atoms with Gasteiger partial charge < -0.3 is 0 Å². The molecule has 1 unspecified atom stereocenters. The predicted octanol–water partition coefficient (Wildman–Crippen LogP) is 2.80. The molecule has 8 heteroatoms. The van der Waals surface area contributed by atoms with Gasteiger partial charge in [-0.25, -0.2) is 0 Å². The van der Waals surface area contributed by atoms with Crippen LogP contribution in [-0.2, 0) is 10.1 Å². The van der Waals surface area contributed by atoms with E-state index in [0.717, 1.165) is 12.1 Å². The SMILES string of the molecule is O=C(CC(c1ccc([N+](=O)[O-])cc1)S(=O)(=O)O)c1ccccc1. The first-order chi connectivity index (χ1) is 10.8. The lowest BCUT2D eigenvalue weighted by Gasteiger charge is -2.13. The zero-order valence-electron chi connectivity index (χ0n) is 11.8. The fraction of sp³-hybridized carbons (Fsp3) is 0.133. The monoisotopic (exact) mass is 335 g/mol. The molecule has 0 fully saturated rings. The van der Waals surface area contributed by atoms with Gasteiger partial charge in [-0.2, -0.15) is 8.42 Å². The fourth-order valence-electron chi connectivity index (χ4n) is 2.12. The first-order valence-electron chi connectivity index (χ1n) is 6.58. The lowest BCUT2D eigenvalue weighted by atomic mass is 10.0. The van der Waals surface area contributed by atoms with Gasteiger partial charge in [0, 0.05) is 24.1 Å². The number of carbonyl (C=O) groups is 1. The van der Waals surface area contributed by atoms with Crippen molar-refractivity contribution in [1.29, 1.82) is 0 Å². The average Bonchev–Trinajstić information content (AvgIpc) is 2.52. The van der Waals surface area contributed by atoms with Crippen molar-refractivity contribution < 1.29 is 22.7 Å². The number of Topliss-reactive ketones (excluding diaryl/α,β-unsaturated/α-hetero) is 1. The van der Waals surface area contributed by atoms with Gasteiger partial charge in [0.15, 0.2) is 5.78 Å². The van der Waals surface area contributed by atoms with E-state index >= 15 is 0 Å². The molecule has 120 valence electrons. The maximum atomic E-state index is 12.2. The first kappa shape index (κ1) is 16.8. The molecule has 0 saturated heterocycles. The molecule has 0 amide bonds. The Morgan fingerprint density at radius 1 is 1.09 bits per heavy atom. The lowest BCUT2D eigenvalue weighted by molar-refractivity contribution is -0.384. The van der Waals surface area contributed by atoms with Crippen molar-refractivity contribution in [3.8, 4) is 0 Å². The number of benzene rings is 2. The van der Waals surface area contributed by atoms with Crippen molar-refractivity contribution in [2.75, 3.05) is 0 Å². The second-order valence-electron chi connectivity index (χ2n) is 4.85. The van der Waals surface area contributed by atoms with Gasteiger partial charge in [-0.3, -0.25) is 19.5 Å². The molecule has 0 spiro atoms. The molecule has 2 rings (SSSR count). The number of carbonyl (C=O) groups excluding carboxylic acids is 1. The zero-order chi connectivity index (χ0) is 17.0. The molecule has 0 bridgehead atoms. The second-order valence-corrected chi connectivity index (χ2v) is 6.44. The Hall–Kier alpha value is -2.58. The van der Waals surface area contributed by atoms with E-state index < -0.39 is 32.5 Å². The van der Waals surface area contributed by atoms with Crippen LogP contribution in [0.25, 0.3) is 0 Å². The Labute approximate surface area is 132 Å². The molecule has 23 heavy (non-hydrogen) atoms. The van der Waals surface area contributed by atoms with Gasteiger partial charge in [0.05, 0.1) is 4.92 Å². The van der Waals surface area contributed by atoms with Crippen LogP contribution >= 0.6 is 0 Å². The van der Waals surface area contributed by atoms with Gasteiger partial charge in [-0.05, 0) is 5.56 Å². The Morgan fingerprint density at radius 2 is 1.65 bits per heavy atom. The number of rotatable bonds is 6. The predicted molar refractivity (Wildman–Crippen MR) is 82.8 cm³/mol. The molecule has 0 radical (unpaired) electrons. The number of hydrogen-bond acceptors (Lipinski definition) is 5. The van der Waals surface area contributed by atoms with Gasteiger partial charge >= 0.3 is 0 Å². The van der Waals surface area contributed by atoms with Gasteiger partial charge in [-0.1, -0.05) is 42.5 Å². The van der Waals surface area contributed by atoms with Crippen molar-refractivity contribution in [1.82, 2.24) is 0 Å². The number of nitro benzene ring substituents is 1. The van der Waals surface area contributed by atoms with E-state index in [1.54, 1.807) is 30.3 Å². The van der Waals surface area contributed by atoms with Crippen LogP contribution in [0.1, 0.15) is 27.6 Å². The second kappa shape index (κ2) is 6.67. The molecule has 1 N–H and O–H groups in total. The topological polar surface area (TPSA) is 115 Å². The summed E-state index contributed by atoms with van der Waals surface area (Å²) in [7, 11) is -4.54. The highest BCUT2D eigenvalue weighted by molar-refractivity contribution is 7.86. The molecule has 0 saturated carbocycles.